The summed E-state index contributed by atoms with van der Waals surface area (Å²) < 4.78 is 10.2. The standard InChI is InChI=1S/C15H23NO3/c1-4-6-11-16-14(15(17)18-3)12-7-9-13(10-8-12)19-5-2/h7-10,14,16H,4-6,11H2,1-3H3. The molecule has 19 heavy (non-hydrogen) atoms. The molecule has 0 saturated carbocycles. The van der Waals surface area contributed by atoms with Gasteiger partial charge in [0.1, 0.15) is 11.8 Å². The minimum absolute atomic E-state index is 0.264. The number of nitrogens with one attached hydrogen (secondary N) is 1. The Morgan fingerprint density at radius 1 is 1.26 bits per heavy atom. The number of carbonyl (C=O) groups is 1. The molecule has 1 aromatic carbocycles. The average molecular weight is 265 g/mol. The first-order valence-corrected chi connectivity index (χ1v) is 6.76. The highest BCUT2D eigenvalue weighted by Gasteiger charge is 2.20. The molecule has 0 spiro atoms. The molecule has 0 aliphatic rings. The van der Waals surface area contributed by atoms with Crippen LogP contribution in [0, 0.1) is 0 Å². The monoisotopic (exact) mass is 265 g/mol. The van der Waals surface area contributed by atoms with Crippen LogP contribution in [0.15, 0.2) is 24.3 Å². The molecule has 1 aromatic rings. The molecule has 0 bridgehead atoms. The van der Waals surface area contributed by atoms with Gasteiger partial charge in [-0.1, -0.05) is 25.5 Å². The van der Waals surface area contributed by atoms with E-state index in [1.165, 1.54) is 7.11 Å². The van der Waals surface area contributed by atoms with Crippen LogP contribution in [-0.4, -0.2) is 26.2 Å². The largest absolute Gasteiger partial charge is 0.494 e. The molecule has 1 N–H and O–H groups in total. The summed E-state index contributed by atoms with van der Waals surface area (Å²) in [6, 6.07) is 7.12. The number of unbranched alkanes of at least 4 members (excludes halogenated alkanes) is 1. The number of benzene rings is 1. The summed E-state index contributed by atoms with van der Waals surface area (Å²) >= 11 is 0. The summed E-state index contributed by atoms with van der Waals surface area (Å²) in [6.45, 7) is 5.49. The third-order valence-corrected chi connectivity index (χ3v) is 2.84. The predicted molar refractivity (Wildman–Crippen MR) is 75.3 cm³/mol. The van der Waals surface area contributed by atoms with Gasteiger partial charge in [-0.3, -0.25) is 0 Å². The molecule has 106 valence electrons. The Morgan fingerprint density at radius 2 is 1.95 bits per heavy atom. The first-order valence-electron chi connectivity index (χ1n) is 6.76. The average Bonchev–Trinajstić information content (AvgIpc) is 2.44. The van der Waals surface area contributed by atoms with Gasteiger partial charge in [0.2, 0.25) is 0 Å². The molecule has 0 fully saturated rings. The van der Waals surface area contributed by atoms with Crippen LogP contribution in [0.2, 0.25) is 0 Å². The fourth-order valence-electron chi connectivity index (χ4n) is 1.80. The lowest BCUT2D eigenvalue weighted by Gasteiger charge is -2.17. The Bertz CT molecular complexity index is 375. The van der Waals surface area contributed by atoms with Crippen molar-refractivity contribution in [2.24, 2.45) is 0 Å². The van der Waals surface area contributed by atoms with Crippen molar-refractivity contribution in [2.45, 2.75) is 32.7 Å². The quantitative estimate of drug-likeness (QED) is 0.580. The Labute approximate surface area is 115 Å². The van der Waals surface area contributed by atoms with Gasteiger partial charge < -0.3 is 14.8 Å². The molecule has 1 rings (SSSR count). The van der Waals surface area contributed by atoms with E-state index < -0.39 is 6.04 Å². The summed E-state index contributed by atoms with van der Waals surface area (Å²) in [5, 5.41) is 3.22. The van der Waals surface area contributed by atoms with Crippen LogP contribution in [0.25, 0.3) is 0 Å². The molecule has 0 heterocycles. The molecule has 0 aliphatic heterocycles. The summed E-state index contributed by atoms with van der Waals surface area (Å²) in [6.07, 6.45) is 2.12. The lowest BCUT2D eigenvalue weighted by Crippen LogP contribution is -2.30. The van der Waals surface area contributed by atoms with E-state index >= 15 is 0 Å². The van der Waals surface area contributed by atoms with Crippen molar-refractivity contribution in [3.8, 4) is 5.75 Å². The van der Waals surface area contributed by atoms with Crippen molar-refractivity contribution < 1.29 is 14.3 Å². The zero-order chi connectivity index (χ0) is 14.1. The zero-order valence-corrected chi connectivity index (χ0v) is 11.9. The second kappa shape index (κ2) is 8.53. The Hall–Kier alpha value is -1.55. The van der Waals surface area contributed by atoms with Crippen LogP contribution in [0.5, 0.6) is 5.75 Å². The number of hydrogen-bond donors (Lipinski definition) is 1. The topological polar surface area (TPSA) is 47.6 Å². The lowest BCUT2D eigenvalue weighted by atomic mass is 10.1. The van der Waals surface area contributed by atoms with E-state index in [1.807, 2.05) is 31.2 Å². The number of methoxy groups -OCH3 is 1. The van der Waals surface area contributed by atoms with Gasteiger partial charge in [-0.25, -0.2) is 4.79 Å². The van der Waals surface area contributed by atoms with Crippen LogP contribution in [0.3, 0.4) is 0 Å². The summed E-state index contributed by atoms with van der Waals surface area (Å²) in [5.74, 6) is 0.545. The van der Waals surface area contributed by atoms with Crippen LogP contribution < -0.4 is 10.1 Å². The first kappa shape index (κ1) is 15.5. The van der Waals surface area contributed by atoms with Crippen LogP contribution in [0.1, 0.15) is 38.3 Å². The first-order chi connectivity index (χ1) is 9.22. The molecule has 0 amide bonds. The summed E-state index contributed by atoms with van der Waals surface area (Å²) in [5.41, 5.74) is 0.895. The van der Waals surface area contributed by atoms with Gasteiger partial charge in [0.25, 0.3) is 0 Å². The van der Waals surface area contributed by atoms with Gasteiger partial charge in [-0.05, 0) is 37.6 Å². The van der Waals surface area contributed by atoms with Crippen LogP contribution in [0.4, 0.5) is 0 Å². The maximum absolute atomic E-state index is 11.8. The number of hydrogen-bond acceptors (Lipinski definition) is 4. The van der Waals surface area contributed by atoms with E-state index in [9.17, 15) is 4.79 Å². The molecule has 0 radical (unpaired) electrons. The maximum atomic E-state index is 11.8. The van der Waals surface area contributed by atoms with Gasteiger partial charge in [-0.2, -0.15) is 0 Å². The zero-order valence-electron chi connectivity index (χ0n) is 11.9. The maximum Gasteiger partial charge on any atom is 0.327 e. The van der Waals surface area contributed by atoms with Crippen LogP contribution >= 0.6 is 0 Å². The highest BCUT2D eigenvalue weighted by atomic mass is 16.5. The van der Waals surface area contributed by atoms with Crippen molar-refractivity contribution in [1.29, 1.82) is 0 Å². The van der Waals surface area contributed by atoms with E-state index in [-0.39, 0.29) is 5.97 Å². The minimum Gasteiger partial charge on any atom is -0.494 e. The molecule has 0 aromatic heterocycles. The van der Waals surface area contributed by atoms with Crippen molar-refractivity contribution in [3.05, 3.63) is 29.8 Å². The van der Waals surface area contributed by atoms with Crippen LogP contribution in [-0.2, 0) is 9.53 Å². The minimum atomic E-state index is -0.410. The SMILES string of the molecule is CCCCNC(C(=O)OC)c1ccc(OCC)cc1. The molecule has 4 nitrogen and oxygen atoms in total. The Morgan fingerprint density at radius 3 is 2.47 bits per heavy atom. The van der Waals surface area contributed by atoms with Crippen molar-refractivity contribution in [2.75, 3.05) is 20.3 Å². The van der Waals surface area contributed by atoms with E-state index in [4.69, 9.17) is 9.47 Å². The van der Waals surface area contributed by atoms with Gasteiger partial charge in [-0.15, -0.1) is 0 Å². The van der Waals surface area contributed by atoms with Gasteiger partial charge in [0, 0.05) is 0 Å². The number of ether oxygens (including phenoxy) is 2. The second-order valence-electron chi connectivity index (χ2n) is 4.27. The third kappa shape index (κ3) is 4.91. The number of esters is 1. The predicted octanol–water partition coefficient (Wildman–Crippen LogP) is 2.69. The third-order valence-electron chi connectivity index (χ3n) is 2.84. The highest BCUT2D eigenvalue weighted by Crippen LogP contribution is 2.19. The summed E-state index contributed by atoms with van der Waals surface area (Å²) in [7, 11) is 1.41. The van der Waals surface area contributed by atoms with Crippen molar-refractivity contribution >= 4 is 5.97 Å². The lowest BCUT2D eigenvalue weighted by molar-refractivity contribution is -0.143. The van der Waals surface area contributed by atoms with E-state index in [1.54, 1.807) is 0 Å². The van der Waals surface area contributed by atoms with E-state index in [2.05, 4.69) is 12.2 Å². The Kier molecular flexibility index (Phi) is 6.97. The number of carbonyl (C=O) groups excluding carboxylic acids is 1. The van der Waals surface area contributed by atoms with Gasteiger partial charge in [0.05, 0.1) is 13.7 Å². The molecule has 0 aliphatic carbocycles. The fraction of sp³-hybridized carbons (Fsp3) is 0.533. The number of rotatable bonds is 8. The summed E-state index contributed by atoms with van der Waals surface area (Å²) in [4.78, 5) is 11.8. The van der Waals surface area contributed by atoms with E-state index in [0.29, 0.717) is 6.61 Å². The van der Waals surface area contributed by atoms with Crippen molar-refractivity contribution in [1.82, 2.24) is 5.32 Å². The second-order valence-corrected chi connectivity index (χ2v) is 4.27. The molecular weight excluding hydrogens is 242 g/mol. The molecular formula is C15H23NO3. The molecule has 1 atom stereocenters. The highest BCUT2D eigenvalue weighted by molar-refractivity contribution is 5.77. The molecule has 4 heteroatoms. The normalized spacial score (nSPS) is 11.9. The fourth-order valence-corrected chi connectivity index (χ4v) is 1.80. The molecule has 0 saturated heterocycles. The molecule has 1 unspecified atom stereocenters. The Balaban J connectivity index is 2.75. The smallest absolute Gasteiger partial charge is 0.327 e. The van der Waals surface area contributed by atoms with Crippen molar-refractivity contribution in [3.63, 3.8) is 0 Å². The van der Waals surface area contributed by atoms with E-state index in [0.717, 1.165) is 30.7 Å². The van der Waals surface area contributed by atoms with Gasteiger partial charge >= 0.3 is 5.97 Å². The van der Waals surface area contributed by atoms with Gasteiger partial charge in [0.15, 0.2) is 0 Å².